The summed E-state index contributed by atoms with van der Waals surface area (Å²) in [6.45, 7) is 6.63. The topological polar surface area (TPSA) is 71.3 Å². The first-order valence-corrected chi connectivity index (χ1v) is 9.46. The van der Waals surface area contributed by atoms with E-state index in [1.54, 1.807) is 19.6 Å². The second kappa shape index (κ2) is 6.25. The van der Waals surface area contributed by atoms with Crippen molar-refractivity contribution in [2.75, 3.05) is 26.2 Å². The molecule has 3 heterocycles. The lowest BCUT2D eigenvalue weighted by Gasteiger charge is -2.39. The van der Waals surface area contributed by atoms with Gasteiger partial charge in [-0.2, -0.15) is 22.1 Å². The number of hydrogen-bond acceptors (Lipinski definition) is 4. The van der Waals surface area contributed by atoms with Gasteiger partial charge in [-0.15, -0.1) is 0 Å². The molecule has 2 fully saturated rings. The minimum Gasteiger partial charge on any atom is -0.249 e. The van der Waals surface area contributed by atoms with E-state index in [1.165, 1.54) is 6.33 Å². The van der Waals surface area contributed by atoms with Crippen molar-refractivity contribution >= 4 is 10.2 Å². The third kappa shape index (κ3) is 3.18. The lowest BCUT2D eigenvalue weighted by molar-refractivity contribution is 0.191. The summed E-state index contributed by atoms with van der Waals surface area (Å²) >= 11 is 0. The first-order valence-electron chi connectivity index (χ1n) is 8.06. The Morgan fingerprint density at radius 3 is 2.45 bits per heavy atom. The molecule has 0 aliphatic carbocycles. The fourth-order valence-corrected chi connectivity index (χ4v) is 5.64. The third-order valence-corrected chi connectivity index (χ3v) is 6.59. The molecule has 124 valence electrons. The lowest BCUT2D eigenvalue weighted by atomic mass is 9.94. The maximum absolute atomic E-state index is 13.0. The van der Waals surface area contributed by atoms with Crippen LogP contribution in [0, 0.1) is 11.8 Å². The molecule has 3 rings (SSSR count). The lowest BCUT2D eigenvalue weighted by Crippen LogP contribution is -2.52. The third-order valence-electron chi connectivity index (χ3n) is 4.66. The number of nitrogens with zero attached hydrogens (tertiary/aromatic N) is 5. The first kappa shape index (κ1) is 15.9. The molecule has 0 saturated carbocycles. The van der Waals surface area contributed by atoms with Gasteiger partial charge in [-0.05, 0) is 31.1 Å². The summed E-state index contributed by atoms with van der Waals surface area (Å²) in [6, 6.07) is 0.0886. The molecule has 0 amide bonds. The molecule has 0 N–H and O–H groups in total. The zero-order chi connectivity index (χ0) is 15.7. The summed E-state index contributed by atoms with van der Waals surface area (Å²) in [7, 11) is -3.37. The summed E-state index contributed by atoms with van der Waals surface area (Å²) in [4.78, 5) is 3.97. The van der Waals surface area contributed by atoms with Crippen molar-refractivity contribution in [3.05, 3.63) is 12.7 Å². The maximum atomic E-state index is 13.0. The van der Waals surface area contributed by atoms with E-state index in [-0.39, 0.29) is 6.04 Å². The van der Waals surface area contributed by atoms with Crippen molar-refractivity contribution in [3.8, 4) is 0 Å². The SMILES string of the molecule is C[C@@H]1C[C@@H](C)CN(S(=O)(=O)N2CCC[C@H](n3cncn3)C2)C1. The summed E-state index contributed by atoms with van der Waals surface area (Å²) in [5.41, 5.74) is 0. The predicted octanol–water partition coefficient (Wildman–Crippen LogP) is 1.14. The molecule has 2 saturated heterocycles. The van der Waals surface area contributed by atoms with Gasteiger partial charge in [-0.1, -0.05) is 13.8 Å². The van der Waals surface area contributed by atoms with Crippen LogP contribution < -0.4 is 0 Å². The Hall–Kier alpha value is -0.990. The van der Waals surface area contributed by atoms with E-state index < -0.39 is 10.2 Å². The highest BCUT2D eigenvalue weighted by Crippen LogP contribution is 2.28. The average molecular weight is 327 g/mol. The molecule has 0 spiro atoms. The monoisotopic (exact) mass is 327 g/mol. The van der Waals surface area contributed by atoms with Crippen LogP contribution in [0.5, 0.6) is 0 Å². The Morgan fingerprint density at radius 1 is 1.09 bits per heavy atom. The molecule has 22 heavy (non-hydrogen) atoms. The summed E-state index contributed by atoms with van der Waals surface area (Å²) in [6.07, 6.45) is 6.09. The molecule has 2 aliphatic heterocycles. The van der Waals surface area contributed by atoms with Crippen LogP contribution in [0.25, 0.3) is 0 Å². The van der Waals surface area contributed by atoms with Crippen LogP contribution in [0.15, 0.2) is 12.7 Å². The maximum Gasteiger partial charge on any atom is 0.282 e. The molecule has 7 nitrogen and oxygen atoms in total. The van der Waals surface area contributed by atoms with Crippen molar-refractivity contribution in [3.63, 3.8) is 0 Å². The van der Waals surface area contributed by atoms with Crippen molar-refractivity contribution in [2.45, 2.75) is 39.2 Å². The Labute approximate surface area is 132 Å². The molecule has 0 unspecified atom stereocenters. The minimum absolute atomic E-state index is 0.0886. The first-order chi connectivity index (χ1) is 10.5. The van der Waals surface area contributed by atoms with Crippen molar-refractivity contribution in [2.24, 2.45) is 11.8 Å². The van der Waals surface area contributed by atoms with Gasteiger partial charge in [0.1, 0.15) is 12.7 Å². The number of aromatic nitrogens is 3. The Kier molecular flexibility index (Phi) is 4.52. The minimum atomic E-state index is -3.37. The van der Waals surface area contributed by atoms with Crippen LogP contribution in [0.3, 0.4) is 0 Å². The molecule has 8 heteroatoms. The molecular weight excluding hydrogens is 302 g/mol. The highest BCUT2D eigenvalue weighted by atomic mass is 32.2. The molecular formula is C14H25N5O2S. The number of piperidine rings is 2. The second-order valence-electron chi connectivity index (χ2n) is 6.80. The molecule has 1 aromatic rings. The van der Waals surface area contributed by atoms with E-state index in [2.05, 4.69) is 23.9 Å². The van der Waals surface area contributed by atoms with Crippen LogP contribution in [0.4, 0.5) is 0 Å². The van der Waals surface area contributed by atoms with E-state index in [9.17, 15) is 8.42 Å². The van der Waals surface area contributed by atoms with Gasteiger partial charge < -0.3 is 0 Å². The molecule has 0 aromatic carbocycles. The molecule has 3 atom stereocenters. The fraction of sp³-hybridized carbons (Fsp3) is 0.857. The van der Waals surface area contributed by atoms with Crippen LogP contribution in [-0.2, 0) is 10.2 Å². The zero-order valence-corrected chi connectivity index (χ0v) is 14.1. The van der Waals surface area contributed by atoms with Crippen LogP contribution in [0.1, 0.15) is 39.2 Å². The quantitative estimate of drug-likeness (QED) is 0.834. The van der Waals surface area contributed by atoms with Gasteiger partial charge in [0.25, 0.3) is 10.2 Å². The van der Waals surface area contributed by atoms with Crippen molar-refractivity contribution < 1.29 is 8.42 Å². The number of rotatable bonds is 3. The van der Waals surface area contributed by atoms with E-state index in [4.69, 9.17) is 0 Å². The van der Waals surface area contributed by atoms with Gasteiger partial charge in [0, 0.05) is 26.2 Å². The summed E-state index contributed by atoms with van der Waals surface area (Å²) in [5.74, 6) is 0.851. The van der Waals surface area contributed by atoms with Crippen LogP contribution in [0.2, 0.25) is 0 Å². The van der Waals surface area contributed by atoms with E-state index >= 15 is 0 Å². The van der Waals surface area contributed by atoms with Gasteiger partial charge in [-0.3, -0.25) is 0 Å². The standard InChI is InChI=1S/C14H25N5O2S/c1-12-6-13(2)8-18(7-12)22(20,21)17-5-3-4-14(9-17)19-11-15-10-16-19/h10-14H,3-9H2,1-2H3/t12-,13-,14+/m1/s1. The number of hydrogen-bond donors (Lipinski definition) is 0. The normalized spacial score (nSPS) is 32.2. The largest absolute Gasteiger partial charge is 0.282 e. The highest BCUT2D eigenvalue weighted by Gasteiger charge is 2.37. The molecule has 2 aliphatic rings. The molecule has 0 radical (unpaired) electrons. The molecule has 1 aromatic heterocycles. The van der Waals surface area contributed by atoms with E-state index in [1.807, 2.05) is 0 Å². The fourth-order valence-electron chi connectivity index (χ4n) is 3.71. The van der Waals surface area contributed by atoms with Gasteiger partial charge in [-0.25, -0.2) is 9.67 Å². The van der Waals surface area contributed by atoms with Gasteiger partial charge in [0.15, 0.2) is 0 Å². The van der Waals surface area contributed by atoms with Crippen molar-refractivity contribution in [1.82, 2.24) is 23.4 Å². The predicted molar refractivity (Wildman–Crippen MR) is 83.3 cm³/mol. The van der Waals surface area contributed by atoms with Gasteiger partial charge >= 0.3 is 0 Å². The van der Waals surface area contributed by atoms with Gasteiger partial charge in [0.2, 0.25) is 0 Å². The Bertz CT molecular complexity index is 578. The van der Waals surface area contributed by atoms with Crippen molar-refractivity contribution in [1.29, 1.82) is 0 Å². The second-order valence-corrected chi connectivity index (χ2v) is 8.73. The summed E-state index contributed by atoms with van der Waals surface area (Å²) < 4.78 is 31.0. The van der Waals surface area contributed by atoms with Gasteiger partial charge in [0.05, 0.1) is 6.04 Å². The van der Waals surface area contributed by atoms with E-state index in [0.29, 0.717) is 38.0 Å². The highest BCUT2D eigenvalue weighted by molar-refractivity contribution is 7.86. The smallest absolute Gasteiger partial charge is 0.249 e. The van der Waals surface area contributed by atoms with Crippen LogP contribution >= 0.6 is 0 Å². The van der Waals surface area contributed by atoms with E-state index in [0.717, 1.165) is 19.3 Å². The molecule has 0 bridgehead atoms. The summed E-state index contributed by atoms with van der Waals surface area (Å²) in [5, 5.41) is 4.16. The zero-order valence-electron chi connectivity index (χ0n) is 13.3. The Balaban J connectivity index is 1.74. The Morgan fingerprint density at radius 2 is 1.82 bits per heavy atom. The van der Waals surface area contributed by atoms with Crippen LogP contribution in [-0.4, -0.2) is 58.0 Å². The average Bonchev–Trinajstić information content (AvgIpc) is 3.00.